The van der Waals surface area contributed by atoms with E-state index in [1.165, 1.54) is 11.3 Å². The van der Waals surface area contributed by atoms with Crippen LogP contribution in [0.15, 0.2) is 34.4 Å². The van der Waals surface area contributed by atoms with Crippen molar-refractivity contribution in [1.82, 2.24) is 19.9 Å². The van der Waals surface area contributed by atoms with Crippen molar-refractivity contribution < 1.29 is 4.79 Å². The third-order valence-corrected chi connectivity index (χ3v) is 7.64. The summed E-state index contributed by atoms with van der Waals surface area (Å²) in [6.07, 6.45) is 2.52. The molecule has 0 saturated carbocycles. The second-order valence-electron chi connectivity index (χ2n) is 7.78. The smallest absolute Gasteiger partial charge is 0.262 e. The summed E-state index contributed by atoms with van der Waals surface area (Å²) < 4.78 is 1.75. The largest absolute Gasteiger partial charge is 0.351 e. The Hall–Kier alpha value is -2.84. The molecule has 0 aliphatic carbocycles. The minimum absolute atomic E-state index is 0.0132. The monoisotopic (exact) mass is 450 g/mol. The quantitative estimate of drug-likeness (QED) is 0.496. The van der Waals surface area contributed by atoms with Gasteiger partial charge in [-0.05, 0) is 37.8 Å². The summed E-state index contributed by atoms with van der Waals surface area (Å²) in [4.78, 5) is 36.0. The summed E-state index contributed by atoms with van der Waals surface area (Å²) in [5.41, 5.74) is 3.98. The van der Waals surface area contributed by atoms with E-state index in [9.17, 15) is 9.59 Å². The van der Waals surface area contributed by atoms with Crippen LogP contribution in [0.4, 0.5) is 0 Å². The number of thiophene rings is 1. The highest BCUT2D eigenvalue weighted by molar-refractivity contribution is 7.20. The van der Waals surface area contributed by atoms with E-state index < -0.39 is 0 Å². The van der Waals surface area contributed by atoms with Crippen LogP contribution in [-0.4, -0.2) is 27.0 Å². The van der Waals surface area contributed by atoms with Crippen LogP contribution in [0.2, 0.25) is 0 Å². The fourth-order valence-electron chi connectivity index (χ4n) is 4.03. The van der Waals surface area contributed by atoms with E-state index in [-0.39, 0.29) is 11.5 Å². The maximum absolute atomic E-state index is 12.8. The van der Waals surface area contributed by atoms with Gasteiger partial charge in [0.2, 0.25) is 0 Å². The highest BCUT2D eigenvalue weighted by atomic mass is 32.1. The molecule has 0 fully saturated rings. The van der Waals surface area contributed by atoms with Gasteiger partial charge in [-0.15, -0.1) is 22.7 Å². The van der Waals surface area contributed by atoms with Gasteiger partial charge < -0.3 is 5.32 Å². The van der Waals surface area contributed by atoms with Crippen molar-refractivity contribution in [3.63, 3.8) is 0 Å². The number of rotatable bonds is 5. The Balaban J connectivity index is 1.27. The van der Waals surface area contributed by atoms with Gasteiger partial charge in [-0.1, -0.05) is 24.3 Å². The lowest BCUT2D eigenvalue weighted by Gasteiger charge is -2.06. The number of amides is 1. The molecule has 5 rings (SSSR count). The number of carbonyl (C=O) groups excluding carboxylic acids is 1. The zero-order chi connectivity index (χ0) is 21.5. The average molecular weight is 451 g/mol. The third-order valence-electron chi connectivity index (χ3n) is 5.69. The van der Waals surface area contributed by atoms with Crippen molar-refractivity contribution in [3.8, 4) is 11.3 Å². The number of benzene rings is 1. The van der Waals surface area contributed by atoms with Crippen molar-refractivity contribution in [2.45, 2.75) is 39.7 Å². The van der Waals surface area contributed by atoms with Crippen LogP contribution < -0.4 is 10.9 Å². The molecule has 0 unspecified atom stereocenters. The van der Waals surface area contributed by atoms with Crippen molar-refractivity contribution in [3.05, 3.63) is 66.8 Å². The highest BCUT2D eigenvalue weighted by Gasteiger charge is 2.23. The first-order valence-corrected chi connectivity index (χ1v) is 12.0. The lowest BCUT2D eigenvalue weighted by molar-refractivity contribution is 0.0957. The number of nitrogens with one attached hydrogen (secondary N) is 1. The first-order valence-electron chi connectivity index (χ1n) is 10.3. The molecule has 3 aromatic heterocycles. The molecular formula is C23H22N4O2S2. The van der Waals surface area contributed by atoms with Crippen molar-refractivity contribution >= 4 is 38.8 Å². The Labute approximate surface area is 187 Å². The lowest BCUT2D eigenvalue weighted by atomic mass is 10.1. The van der Waals surface area contributed by atoms with Gasteiger partial charge in [0, 0.05) is 30.5 Å². The summed E-state index contributed by atoms with van der Waals surface area (Å²) in [6, 6.07) is 8.29. The van der Waals surface area contributed by atoms with Gasteiger partial charge in [-0.3, -0.25) is 14.2 Å². The van der Waals surface area contributed by atoms with Gasteiger partial charge in [0.05, 0.1) is 21.0 Å². The summed E-state index contributed by atoms with van der Waals surface area (Å²) in [5.74, 6) is 0.696. The number of carbonyl (C=O) groups is 1. The molecular weight excluding hydrogens is 428 g/mol. The van der Waals surface area contributed by atoms with E-state index in [2.05, 4.69) is 44.9 Å². The van der Waals surface area contributed by atoms with Gasteiger partial charge in [-0.25, -0.2) is 9.97 Å². The molecule has 1 amide bonds. The van der Waals surface area contributed by atoms with Gasteiger partial charge in [0.15, 0.2) is 0 Å². The molecule has 0 saturated heterocycles. The third kappa shape index (κ3) is 3.70. The van der Waals surface area contributed by atoms with Crippen LogP contribution in [-0.2, 0) is 19.4 Å². The van der Waals surface area contributed by atoms with Gasteiger partial charge >= 0.3 is 0 Å². The molecule has 0 radical (unpaired) electrons. The Morgan fingerprint density at radius 3 is 2.74 bits per heavy atom. The Morgan fingerprint density at radius 1 is 1.19 bits per heavy atom. The molecule has 158 valence electrons. The van der Waals surface area contributed by atoms with E-state index in [0.29, 0.717) is 21.6 Å². The predicted molar refractivity (Wildman–Crippen MR) is 125 cm³/mol. The minimum atomic E-state index is -0.139. The van der Waals surface area contributed by atoms with Crippen LogP contribution >= 0.6 is 22.7 Å². The number of hydrogen-bond acceptors (Lipinski definition) is 6. The summed E-state index contributed by atoms with van der Waals surface area (Å²) in [5, 5.41) is 6.71. The van der Waals surface area contributed by atoms with Gasteiger partial charge in [-0.2, -0.15) is 0 Å². The van der Waals surface area contributed by atoms with E-state index in [1.807, 2.05) is 13.8 Å². The van der Waals surface area contributed by atoms with E-state index in [1.54, 1.807) is 15.9 Å². The number of aryl methyl sites for hydroxylation is 3. The number of aromatic nitrogens is 3. The second kappa shape index (κ2) is 8.01. The summed E-state index contributed by atoms with van der Waals surface area (Å²) in [6.45, 7) is 5.10. The van der Waals surface area contributed by atoms with E-state index >= 15 is 0 Å². The van der Waals surface area contributed by atoms with Crippen molar-refractivity contribution in [2.75, 3.05) is 6.54 Å². The minimum Gasteiger partial charge on any atom is -0.351 e. The molecule has 31 heavy (non-hydrogen) atoms. The molecule has 0 atom stereocenters. The van der Waals surface area contributed by atoms with Crippen LogP contribution in [0.1, 0.15) is 38.1 Å². The van der Waals surface area contributed by atoms with Crippen molar-refractivity contribution in [1.29, 1.82) is 0 Å². The topological polar surface area (TPSA) is 76.9 Å². The lowest BCUT2D eigenvalue weighted by Crippen LogP contribution is -2.25. The first kappa shape index (κ1) is 20.1. The molecule has 6 nitrogen and oxygen atoms in total. The second-order valence-corrected chi connectivity index (χ2v) is 9.84. The van der Waals surface area contributed by atoms with Crippen molar-refractivity contribution in [2.24, 2.45) is 0 Å². The SMILES string of the molecule is Cc1nc(-c2ccc(CCNC(=O)c3sc4nc5n(c(=O)c4c3C)CCC5)cc2)cs1. The Morgan fingerprint density at radius 2 is 2.00 bits per heavy atom. The zero-order valence-corrected chi connectivity index (χ0v) is 19.0. The molecule has 8 heteroatoms. The first-order chi connectivity index (χ1) is 15.0. The van der Waals surface area contributed by atoms with Crippen LogP contribution in [0.5, 0.6) is 0 Å². The predicted octanol–water partition coefficient (Wildman–Crippen LogP) is 4.12. The summed E-state index contributed by atoms with van der Waals surface area (Å²) in [7, 11) is 0. The van der Waals surface area contributed by atoms with Crippen LogP contribution in [0.25, 0.3) is 21.5 Å². The Bertz CT molecular complexity index is 1350. The van der Waals surface area contributed by atoms with Crippen LogP contribution in [0, 0.1) is 13.8 Å². The van der Waals surface area contributed by atoms with E-state index in [4.69, 9.17) is 0 Å². The average Bonchev–Trinajstić information content (AvgIpc) is 3.48. The van der Waals surface area contributed by atoms with E-state index in [0.717, 1.165) is 59.0 Å². The maximum Gasteiger partial charge on any atom is 0.262 e. The Kier molecular flexibility index (Phi) is 5.19. The molecule has 1 aliphatic rings. The molecule has 1 N–H and O–H groups in total. The maximum atomic E-state index is 12.8. The highest BCUT2D eigenvalue weighted by Crippen LogP contribution is 2.28. The number of hydrogen-bond donors (Lipinski definition) is 1. The standard InChI is InChI=1S/C23H22N4O2S2/c1-13-19-22(26-18-4-3-11-27(18)23(19)29)31-20(13)21(28)24-10-9-15-5-7-16(8-6-15)17-12-30-14(2)25-17/h5-8,12H,3-4,9-11H2,1-2H3,(H,24,28). The van der Waals surface area contributed by atoms with Gasteiger partial charge in [0.25, 0.3) is 11.5 Å². The van der Waals surface area contributed by atoms with Crippen LogP contribution in [0.3, 0.4) is 0 Å². The zero-order valence-electron chi connectivity index (χ0n) is 17.4. The molecule has 0 spiro atoms. The molecule has 4 heterocycles. The molecule has 0 bridgehead atoms. The normalized spacial score (nSPS) is 13.0. The number of fused-ring (bicyclic) bond motifs is 2. The van der Waals surface area contributed by atoms with Gasteiger partial charge in [0.1, 0.15) is 10.7 Å². The number of thiazole rings is 1. The molecule has 4 aromatic rings. The molecule has 1 aliphatic heterocycles. The summed E-state index contributed by atoms with van der Waals surface area (Å²) >= 11 is 2.96. The number of nitrogens with zero attached hydrogens (tertiary/aromatic N) is 3. The fourth-order valence-corrected chi connectivity index (χ4v) is 5.76. The molecule has 1 aromatic carbocycles. The fraction of sp³-hybridized carbons (Fsp3) is 0.304.